The maximum absolute atomic E-state index is 11.3. The minimum atomic E-state index is 0.111. The Hall–Kier alpha value is -0.900. The van der Waals surface area contributed by atoms with Gasteiger partial charge in [-0.1, -0.05) is 0 Å². The van der Waals surface area contributed by atoms with Crippen molar-refractivity contribution in [3.05, 3.63) is 22.9 Å². The Kier molecular flexibility index (Phi) is 2.31. The Bertz CT molecular complexity index is 336. The first-order chi connectivity index (χ1) is 6.25. The molecule has 1 saturated carbocycles. The number of pyridine rings is 1. The Balaban J connectivity index is 2.04. The van der Waals surface area contributed by atoms with Gasteiger partial charge in [0, 0.05) is 16.6 Å². The number of hydrogen-bond acceptors (Lipinski definition) is 2. The second-order valence-corrected chi connectivity index (χ2v) is 4.07. The molecule has 0 aromatic carbocycles. The van der Waals surface area contributed by atoms with Crippen molar-refractivity contribution in [1.82, 2.24) is 4.98 Å². The van der Waals surface area contributed by atoms with E-state index in [-0.39, 0.29) is 11.8 Å². The van der Waals surface area contributed by atoms with Gasteiger partial charge in [-0.2, -0.15) is 0 Å². The first kappa shape index (κ1) is 8.69. The van der Waals surface area contributed by atoms with Crippen LogP contribution in [0.1, 0.15) is 12.8 Å². The van der Waals surface area contributed by atoms with E-state index in [1.54, 1.807) is 12.4 Å². The highest BCUT2D eigenvalue weighted by Gasteiger charge is 2.29. The van der Waals surface area contributed by atoms with E-state index in [1.807, 2.05) is 6.07 Å². The lowest BCUT2D eigenvalue weighted by Crippen LogP contribution is -2.13. The van der Waals surface area contributed by atoms with Crippen molar-refractivity contribution in [2.24, 2.45) is 5.92 Å². The highest BCUT2D eigenvalue weighted by molar-refractivity contribution is 9.10. The van der Waals surface area contributed by atoms with Crippen LogP contribution in [0.5, 0.6) is 0 Å². The molecule has 0 radical (unpaired) electrons. The van der Waals surface area contributed by atoms with Crippen LogP contribution in [0.2, 0.25) is 0 Å². The number of carbonyl (C=O) groups is 1. The van der Waals surface area contributed by atoms with Crippen LogP contribution in [0.25, 0.3) is 0 Å². The van der Waals surface area contributed by atoms with Crippen LogP contribution in [0, 0.1) is 5.92 Å². The van der Waals surface area contributed by atoms with Gasteiger partial charge in [-0.15, -0.1) is 0 Å². The molecule has 68 valence electrons. The molecule has 1 aliphatic carbocycles. The second kappa shape index (κ2) is 3.46. The highest BCUT2D eigenvalue weighted by atomic mass is 79.9. The van der Waals surface area contributed by atoms with E-state index in [9.17, 15) is 4.79 Å². The van der Waals surface area contributed by atoms with Crippen molar-refractivity contribution in [2.45, 2.75) is 12.8 Å². The van der Waals surface area contributed by atoms with Gasteiger partial charge in [-0.25, -0.2) is 0 Å². The normalized spacial score (nSPS) is 15.5. The van der Waals surface area contributed by atoms with Crippen molar-refractivity contribution in [2.75, 3.05) is 5.32 Å². The fraction of sp³-hybridized carbons (Fsp3) is 0.333. The van der Waals surface area contributed by atoms with Crippen molar-refractivity contribution >= 4 is 27.5 Å². The molecule has 2 rings (SSSR count). The predicted octanol–water partition coefficient (Wildman–Crippen LogP) is 2.19. The molecule has 0 unspecified atom stereocenters. The molecule has 1 fully saturated rings. The predicted molar refractivity (Wildman–Crippen MR) is 53.3 cm³/mol. The monoisotopic (exact) mass is 240 g/mol. The quantitative estimate of drug-likeness (QED) is 0.862. The molecule has 1 heterocycles. The van der Waals surface area contributed by atoms with E-state index in [0.717, 1.165) is 23.0 Å². The maximum atomic E-state index is 11.3. The molecule has 0 atom stereocenters. The first-order valence-corrected chi connectivity index (χ1v) is 4.96. The molecular formula is C9H9BrN2O. The number of halogens is 1. The van der Waals surface area contributed by atoms with Gasteiger partial charge in [-0.3, -0.25) is 9.78 Å². The summed E-state index contributed by atoms with van der Waals surface area (Å²) in [6, 6.07) is 1.84. The van der Waals surface area contributed by atoms with Crippen LogP contribution in [-0.2, 0) is 4.79 Å². The molecule has 1 aromatic heterocycles. The average Bonchev–Trinajstić information content (AvgIpc) is 2.85. The van der Waals surface area contributed by atoms with E-state index < -0.39 is 0 Å². The van der Waals surface area contributed by atoms with Crippen LogP contribution < -0.4 is 5.32 Å². The summed E-state index contributed by atoms with van der Waals surface area (Å²) < 4.78 is 0.876. The first-order valence-electron chi connectivity index (χ1n) is 4.17. The Morgan fingerprint density at radius 3 is 2.92 bits per heavy atom. The Morgan fingerprint density at radius 2 is 2.31 bits per heavy atom. The van der Waals surface area contributed by atoms with E-state index >= 15 is 0 Å². The minimum Gasteiger partial charge on any atom is -0.324 e. The summed E-state index contributed by atoms with van der Waals surface area (Å²) in [7, 11) is 0. The lowest BCUT2D eigenvalue weighted by atomic mass is 10.3. The summed E-state index contributed by atoms with van der Waals surface area (Å²) in [5.41, 5.74) is 0.756. The molecule has 3 nitrogen and oxygen atoms in total. The van der Waals surface area contributed by atoms with E-state index in [1.165, 1.54) is 0 Å². The van der Waals surface area contributed by atoms with Gasteiger partial charge in [0.2, 0.25) is 5.91 Å². The third kappa shape index (κ3) is 2.28. The molecular weight excluding hydrogens is 232 g/mol. The van der Waals surface area contributed by atoms with Gasteiger partial charge in [0.15, 0.2) is 0 Å². The van der Waals surface area contributed by atoms with Gasteiger partial charge >= 0.3 is 0 Å². The van der Waals surface area contributed by atoms with E-state index in [2.05, 4.69) is 26.2 Å². The number of aromatic nitrogens is 1. The summed E-state index contributed by atoms with van der Waals surface area (Å²) in [6.45, 7) is 0. The summed E-state index contributed by atoms with van der Waals surface area (Å²) in [6.07, 6.45) is 5.37. The number of rotatable bonds is 2. The zero-order valence-corrected chi connectivity index (χ0v) is 8.54. The molecule has 13 heavy (non-hydrogen) atoms. The number of anilines is 1. The van der Waals surface area contributed by atoms with Crippen molar-refractivity contribution in [3.63, 3.8) is 0 Å². The standard InChI is InChI=1S/C9H9BrN2O/c10-7-3-8(5-11-4-7)12-9(13)6-1-2-6/h3-6H,1-2H2,(H,12,13). The van der Waals surface area contributed by atoms with Crippen molar-refractivity contribution < 1.29 is 4.79 Å². The SMILES string of the molecule is O=C(Nc1cncc(Br)c1)C1CC1. The number of nitrogens with one attached hydrogen (secondary N) is 1. The topological polar surface area (TPSA) is 42.0 Å². The third-order valence-corrected chi connectivity index (χ3v) is 2.35. The zero-order chi connectivity index (χ0) is 9.26. The maximum Gasteiger partial charge on any atom is 0.227 e. The van der Waals surface area contributed by atoms with E-state index in [4.69, 9.17) is 0 Å². The minimum absolute atomic E-state index is 0.111. The van der Waals surface area contributed by atoms with E-state index in [0.29, 0.717) is 0 Å². The molecule has 1 aromatic rings. The highest BCUT2D eigenvalue weighted by Crippen LogP contribution is 2.30. The molecule has 4 heteroatoms. The molecule has 1 N–H and O–H groups in total. The van der Waals surface area contributed by atoms with Crippen LogP contribution in [0.3, 0.4) is 0 Å². The summed E-state index contributed by atoms with van der Waals surface area (Å²) >= 11 is 3.29. The Labute approximate surface area is 84.7 Å². The lowest BCUT2D eigenvalue weighted by Gasteiger charge is -2.02. The van der Waals surface area contributed by atoms with Crippen LogP contribution in [0.15, 0.2) is 22.9 Å². The lowest BCUT2D eigenvalue weighted by molar-refractivity contribution is -0.117. The average molecular weight is 241 g/mol. The summed E-state index contributed by atoms with van der Waals surface area (Å²) in [5.74, 6) is 0.346. The number of hydrogen-bond donors (Lipinski definition) is 1. The number of amides is 1. The van der Waals surface area contributed by atoms with Gasteiger partial charge in [-0.05, 0) is 34.8 Å². The van der Waals surface area contributed by atoms with Gasteiger partial charge in [0.05, 0.1) is 11.9 Å². The number of carbonyl (C=O) groups excluding carboxylic acids is 1. The molecule has 0 bridgehead atoms. The Morgan fingerprint density at radius 1 is 1.54 bits per heavy atom. The van der Waals surface area contributed by atoms with Crippen molar-refractivity contribution in [3.8, 4) is 0 Å². The van der Waals surface area contributed by atoms with Crippen molar-refractivity contribution in [1.29, 1.82) is 0 Å². The van der Waals surface area contributed by atoms with Gasteiger partial charge in [0.25, 0.3) is 0 Å². The molecule has 0 saturated heterocycles. The van der Waals surface area contributed by atoms with Crippen LogP contribution in [0.4, 0.5) is 5.69 Å². The largest absolute Gasteiger partial charge is 0.324 e. The van der Waals surface area contributed by atoms with Crippen LogP contribution >= 0.6 is 15.9 Å². The van der Waals surface area contributed by atoms with Gasteiger partial charge in [0.1, 0.15) is 0 Å². The smallest absolute Gasteiger partial charge is 0.227 e. The van der Waals surface area contributed by atoms with Crippen LogP contribution in [-0.4, -0.2) is 10.9 Å². The third-order valence-electron chi connectivity index (χ3n) is 1.92. The molecule has 1 aliphatic rings. The fourth-order valence-corrected chi connectivity index (χ4v) is 1.43. The fourth-order valence-electron chi connectivity index (χ4n) is 1.07. The second-order valence-electron chi connectivity index (χ2n) is 3.16. The molecule has 0 aliphatic heterocycles. The van der Waals surface area contributed by atoms with Gasteiger partial charge < -0.3 is 5.32 Å². The number of nitrogens with zero attached hydrogens (tertiary/aromatic N) is 1. The molecule has 0 spiro atoms. The summed E-state index contributed by atoms with van der Waals surface area (Å²) in [5, 5.41) is 2.81. The summed E-state index contributed by atoms with van der Waals surface area (Å²) in [4.78, 5) is 15.3. The zero-order valence-electron chi connectivity index (χ0n) is 6.96. The molecule has 1 amide bonds.